The molecule has 0 spiro atoms. The van der Waals surface area contributed by atoms with Crippen molar-refractivity contribution in [3.05, 3.63) is 22.2 Å². The maximum atomic E-state index is 13.5. The van der Waals surface area contributed by atoms with Crippen LogP contribution in [-0.2, 0) is 16.2 Å². The molecule has 0 amide bonds. The maximum absolute atomic E-state index is 13.5. The predicted octanol–water partition coefficient (Wildman–Crippen LogP) is 3.49. The molecule has 0 bridgehead atoms. The van der Waals surface area contributed by atoms with Crippen molar-refractivity contribution in [1.29, 1.82) is 0 Å². The number of methoxy groups -OCH3 is 1. The minimum atomic E-state index is -1.15. The van der Waals surface area contributed by atoms with Crippen molar-refractivity contribution in [1.82, 2.24) is 4.57 Å². The first-order chi connectivity index (χ1) is 8.76. The third-order valence-electron chi connectivity index (χ3n) is 2.58. The molecule has 0 aliphatic carbocycles. The van der Waals surface area contributed by atoms with Crippen LogP contribution in [0.5, 0.6) is 0 Å². The molecule has 1 heterocycles. The van der Waals surface area contributed by atoms with Crippen LogP contribution in [0.15, 0.2) is 10.7 Å². The molecule has 0 fully saturated rings. The smallest absolute Gasteiger partial charge is 0.356 e. The lowest BCUT2D eigenvalue weighted by Gasteiger charge is -2.16. The summed E-state index contributed by atoms with van der Waals surface area (Å²) < 4.78 is 25.1. The van der Waals surface area contributed by atoms with E-state index in [0.717, 1.165) is 6.04 Å². The van der Waals surface area contributed by atoms with Crippen LogP contribution in [-0.4, -0.2) is 32.3 Å². The minimum Gasteiger partial charge on any atom is -0.464 e. The standard InChI is InChI=1S/C12H19BrFNO3Si/c1-17-12(16)11-10(13)9(14)7-15(11)8-18-5-6-19(2,3)4/h7H,5-6,8H2,1-4H3. The molecule has 19 heavy (non-hydrogen) atoms. The van der Waals surface area contributed by atoms with Gasteiger partial charge < -0.3 is 14.0 Å². The van der Waals surface area contributed by atoms with Crippen molar-refractivity contribution in [2.75, 3.05) is 13.7 Å². The van der Waals surface area contributed by atoms with Gasteiger partial charge in [0.2, 0.25) is 0 Å². The van der Waals surface area contributed by atoms with Gasteiger partial charge in [0.15, 0.2) is 5.82 Å². The number of rotatable bonds is 6. The van der Waals surface area contributed by atoms with E-state index in [1.807, 2.05) is 0 Å². The third kappa shape index (κ3) is 4.74. The van der Waals surface area contributed by atoms with Crippen LogP contribution in [0.4, 0.5) is 4.39 Å². The molecule has 0 unspecified atom stereocenters. The summed E-state index contributed by atoms with van der Waals surface area (Å²) in [5.41, 5.74) is 0.132. The number of hydrogen-bond donors (Lipinski definition) is 0. The fourth-order valence-corrected chi connectivity index (χ4v) is 2.69. The predicted molar refractivity (Wildman–Crippen MR) is 77.5 cm³/mol. The van der Waals surface area contributed by atoms with Crippen molar-refractivity contribution in [2.45, 2.75) is 32.4 Å². The highest BCUT2D eigenvalue weighted by atomic mass is 79.9. The molecular weight excluding hydrogens is 333 g/mol. The molecular formula is C12H19BrFNO3Si. The van der Waals surface area contributed by atoms with Crippen LogP contribution in [0, 0.1) is 5.82 Å². The van der Waals surface area contributed by atoms with Crippen LogP contribution < -0.4 is 0 Å². The van der Waals surface area contributed by atoms with Gasteiger partial charge in [0.05, 0.1) is 11.6 Å². The zero-order valence-electron chi connectivity index (χ0n) is 11.6. The highest BCUT2D eigenvalue weighted by Crippen LogP contribution is 2.23. The quantitative estimate of drug-likeness (QED) is 0.447. The molecule has 4 nitrogen and oxygen atoms in total. The summed E-state index contributed by atoms with van der Waals surface area (Å²) in [5.74, 6) is -1.10. The second kappa shape index (κ2) is 6.67. The van der Waals surface area contributed by atoms with Gasteiger partial charge >= 0.3 is 5.97 Å². The molecule has 0 aromatic carbocycles. The number of carbonyl (C=O) groups is 1. The van der Waals surface area contributed by atoms with Crippen molar-refractivity contribution < 1.29 is 18.7 Å². The fourth-order valence-electron chi connectivity index (χ4n) is 1.44. The van der Waals surface area contributed by atoms with Crippen molar-refractivity contribution in [3.8, 4) is 0 Å². The summed E-state index contributed by atoms with van der Waals surface area (Å²) in [7, 11) is 0.107. The molecule has 0 aliphatic rings. The first-order valence-corrected chi connectivity index (χ1v) is 10.5. The van der Waals surface area contributed by atoms with E-state index in [1.54, 1.807) is 0 Å². The molecule has 0 N–H and O–H groups in total. The van der Waals surface area contributed by atoms with Crippen LogP contribution >= 0.6 is 15.9 Å². The van der Waals surface area contributed by atoms with E-state index in [4.69, 9.17) is 4.74 Å². The Balaban J connectivity index is 2.68. The monoisotopic (exact) mass is 351 g/mol. The van der Waals surface area contributed by atoms with E-state index < -0.39 is 19.9 Å². The molecule has 0 saturated heterocycles. The molecule has 108 valence electrons. The first-order valence-electron chi connectivity index (χ1n) is 5.96. The molecule has 0 saturated carbocycles. The number of carbonyl (C=O) groups excluding carboxylic acids is 1. The van der Waals surface area contributed by atoms with Gasteiger partial charge in [-0.05, 0) is 22.0 Å². The molecule has 1 rings (SSSR count). The zero-order chi connectivity index (χ0) is 14.6. The number of halogens is 2. The Kier molecular flexibility index (Phi) is 5.75. The zero-order valence-corrected chi connectivity index (χ0v) is 14.2. The lowest BCUT2D eigenvalue weighted by Crippen LogP contribution is -2.22. The summed E-state index contributed by atoms with van der Waals surface area (Å²) in [5, 5.41) is 0. The van der Waals surface area contributed by atoms with Gasteiger partial charge in [-0.15, -0.1) is 0 Å². The Hall–Kier alpha value is -0.663. The van der Waals surface area contributed by atoms with Crippen LogP contribution in [0.1, 0.15) is 10.5 Å². The highest BCUT2D eigenvalue weighted by molar-refractivity contribution is 9.10. The van der Waals surface area contributed by atoms with Gasteiger partial charge in [-0.2, -0.15) is 0 Å². The Morgan fingerprint density at radius 2 is 2.11 bits per heavy atom. The van der Waals surface area contributed by atoms with E-state index in [9.17, 15) is 9.18 Å². The summed E-state index contributed by atoms with van der Waals surface area (Å²) in [6.07, 6.45) is 1.23. The van der Waals surface area contributed by atoms with Crippen molar-refractivity contribution in [3.63, 3.8) is 0 Å². The summed E-state index contributed by atoms with van der Waals surface area (Å²) >= 11 is 3.04. The lowest BCUT2D eigenvalue weighted by molar-refractivity contribution is 0.0539. The van der Waals surface area contributed by atoms with Gasteiger partial charge in [-0.3, -0.25) is 0 Å². The van der Waals surface area contributed by atoms with Gasteiger partial charge in [0.1, 0.15) is 12.4 Å². The minimum absolute atomic E-state index is 0.105. The molecule has 0 atom stereocenters. The van der Waals surface area contributed by atoms with Crippen LogP contribution in [0.3, 0.4) is 0 Å². The van der Waals surface area contributed by atoms with Gasteiger partial charge in [-0.1, -0.05) is 19.6 Å². The van der Waals surface area contributed by atoms with E-state index in [0.29, 0.717) is 6.61 Å². The maximum Gasteiger partial charge on any atom is 0.356 e. The van der Waals surface area contributed by atoms with E-state index >= 15 is 0 Å². The normalized spacial score (nSPS) is 11.7. The molecule has 1 aromatic rings. The molecule has 7 heteroatoms. The topological polar surface area (TPSA) is 40.5 Å². The van der Waals surface area contributed by atoms with Crippen LogP contribution in [0.2, 0.25) is 25.7 Å². The largest absolute Gasteiger partial charge is 0.464 e. The Bertz CT molecular complexity index is 457. The molecule has 0 radical (unpaired) electrons. The first kappa shape index (κ1) is 16.4. The van der Waals surface area contributed by atoms with Gasteiger partial charge in [0.25, 0.3) is 0 Å². The molecule has 0 aliphatic heterocycles. The SMILES string of the molecule is COC(=O)c1c(Br)c(F)cn1COCC[Si](C)(C)C. The number of ether oxygens (including phenoxy) is 2. The van der Waals surface area contributed by atoms with E-state index in [1.165, 1.54) is 17.9 Å². The van der Waals surface area contributed by atoms with Crippen molar-refractivity contribution in [2.24, 2.45) is 0 Å². The third-order valence-corrected chi connectivity index (χ3v) is 5.04. The van der Waals surface area contributed by atoms with Gasteiger partial charge in [-0.25, -0.2) is 9.18 Å². The Labute approximate surface area is 122 Å². The number of nitrogens with zero attached hydrogens (tertiary/aromatic N) is 1. The number of hydrogen-bond acceptors (Lipinski definition) is 3. The van der Waals surface area contributed by atoms with Gasteiger partial charge in [0, 0.05) is 20.9 Å². The average Bonchev–Trinajstić information content (AvgIpc) is 2.59. The van der Waals surface area contributed by atoms with Crippen molar-refractivity contribution >= 4 is 30.0 Å². The number of aromatic nitrogens is 1. The second-order valence-corrected chi connectivity index (χ2v) is 11.9. The fraction of sp³-hybridized carbons (Fsp3) is 0.583. The summed E-state index contributed by atoms with van der Waals surface area (Å²) in [6, 6.07) is 1.02. The van der Waals surface area contributed by atoms with E-state index in [2.05, 4.69) is 40.3 Å². The summed E-state index contributed by atoms with van der Waals surface area (Å²) in [6.45, 7) is 7.50. The lowest BCUT2D eigenvalue weighted by atomic mass is 10.4. The second-order valence-electron chi connectivity index (χ2n) is 5.45. The number of esters is 1. The Morgan fingerprint density at radius 3 is 2.63 bits per heavy atom. The highest BCUT2D eigenvalue weighted by Gasteiger charge is 2.21. The molecule has 1 aromatic heterocycles. The van der Waals surface area contributed by atoms with E-state index in [-0.39, 0.29) is 16.9 Å². The van der Waals surface area contributed by atoms with Crippen LogP contribution in [0.25, 0.3) is 0 Å². The summed E-state index contributed by atoms with van der Waals surface area (Å²) in [4.78, 5) is 11.6. The Morgan fingerprint density at radius 1 is 1.47 bits per heavy atom. The average molecular weight is 352 g/mol.